The molecule has 0 aliphatic heterocycles. The summed E-state index contributed by atoms with van der Waals surface area (Å²) in [5.74, 6) is 0.351. The number of nitrogens with one attached hydrogen (secondary N) is 1. The van der Waals surface area contributed by atoms with Gasteiger partial charge in [-0.1, -0.05) is 26.7 Å². The third-order valence-corrected chi connectivity index (χ3v) is 2.68. The highest BCUT2D eigenvalue weighted by atomic mass is 16.3. The van der Waals surface area contributed by atoms with Gasteiger partial charge in [0.15, 0.2) is 0 Å². The van der Waals surface area contributed by atoms with Crippen LogP contribution < -0.4 is 5.32 Å². The minimum Gasteiger partial charge on any atom is -0.396 e. The van der Waals surface area contributed by atoms with Gasteiger partial charge in [-0.05, 0) is 26.2 Å². The lowest BCUT2D eigenvalue weighted by Gasteiger charge is -2.23. The average Bonchev–Trinajstić information content (AvgIpc) is 2.13. The number of unbranched alkanes of at least 4 members (excludes halogenated alkanes) is 1. The molecule has 0 spiro atoms. The van der Waals surface area contributed by atoms with Gasteiger partial charge in [0.05, 0.1) is 0 Å². The van der Waals surface area contributed by atoms with Crippen molar-refractivity contribution in [1.82, 2.24) is 5.32 Å². The van der Waals surface area contributed by atoms with Gasteiger partial charge in [0.1, 0.15) is 0 Å². The Morgan fingerprint density at radius 3 is 2.31 bits per heavy atom. The predicted molar refractivity (Wildman–Crippen MR) is 57.8 cm³/mol. The fraction of sp³-hybridized carbons (Fsp3) is 1.00. The van der Waals surface area contributed by atoms with Crippen LogP contribution in [0.25, 0.3) is 0 Å². The summed E-state index contributed by atoms with van der Waals surface area (Å²) in [6, 6.07) is 0.987. The van der Waals surface area contributed by atoms with Crippen LogP contribution in [-0.4, -0.2) is 23.8 Å². The summed E-state index contributed by atoms with van der Waals surface area (Å²) in [4.78, 5) is 0. The van der Waals surface area contributed by atoms with Gasteiger partial charge < -0.3 is 10.4 Å². The number of hydrogen-bond acceptors (Lipinski definition) is 2. The highest BCUT2D eigenvalue weighted by Gasteiger charge is 2.12. The van der Waals surface area contributed by atoms with Crippen LogP contribution in [0, 0.1) is 5.92 Å². The molecule has 13 heavy (non-hydrogen) atoms. The van der Waals surface area contributed by atoms with Crippen LogP contribution in [0.15, 0.2) is 0 Å². The van der Waals surface area contributed by atoms with Crippen LogP contribution in [0.1, 0.15) is 47.0 Å². The van der Waals surface area contributed by atoms with Crippen LogP contribution >= 0.6 is 0 Å². The van der Waals surface area contributed by atoms with E-state index in [4.69, 9.17) is 5.11 Å². The Labute approximate surface area is 82.7 Å². The quantitative estimate of drug-likeness (QED) is 0.640. The summed E-state index contributed by atoms with van der Waals surface area (Å²) in [5.41, 5.74) is 0. The molecule has 2 nitrogen and oxygen atoms in total. The summed E-state index contributed by atoms with van der Waals surface area (Å²) < 4.78 is 0. The van der Waals surface area contributed by atoms with Crippen LogP contribution in [0.4, 0.5) is 0 Å². The first-order valence-corrected chi connectivity index (χ1v) is 5.48. The predicted octanol–water partition coefficient (Wildman–Crippen LogP) is 2.17. The maximum atomic E-state index is 8.95. The molecule has 0 aromatic rings. The highest BCUT2D eigenvalue weighted by molar-refractivity contribution is 4.71. The number of aliphatic hydroxyl groups is 1. The molecule has 0 rings (SSSR count). The normalized spacial score (nSPS) is 18.2. The molecule has 0 fully saturated rings. The standard InChI is InChI=1S/C11H25NO/c1-5-6-7-10(3)12-11(4)9(2)8-13/h9-13H,5-8H2,1-4H3. The van der Waals surface area contributed by atoms with Crippen LogP contribution in [0.3, 0.4) is 0 Å². The molecule has 0 radical (unpaired) electrons. The first-order chi connectivity index (χ1) is 6.11. The van der Waals surface area contributed by atoms with Crippen LogP contribution in [0.5, 0.6) is 0 Å². The summed E-state index contributed by atoms with van der Waals surface area (Å²) >= 11 is 0. The maximum Gasteiger partial charge on any atom is 0.0471 e. The molecule has 0 aliphatic carbocycles. The van der Waals surface area contributed by atoms with Gasteiger partial charge >= 0.3 is 0 Å². The van der Waals surface area contributed by atoms with E-state index in [9.17, 15) is 0 Å². The molecule has 80 valence electrons. The van der Waals surface area contributed by atoms with E-state index in [1.54, 1.807) is 0 Å². The molecule has 0 saturated carbocycles. The molecule has 0 heterocycles. The molecular weight excluding hydrogens is 162 g/mol. The third-order valence-electron chi connectivity index (χ3n) is 2.68. The lowest BCUT2D eigenvalue weighted by Crippen LogP contribution is -2.39. The molecule has 3 unspecified atom stereocenters. The zero-order valence-electron chi connectivity index (χ0n) is 9.51. The lowest BCUT2D eigenvalue weighted by atomic mass is 10.0. The van der Waals surface area contributed by atoms with E-state index in [0.717, 1.165) is 0 Å². The molecule has 2 heteroatoms. The second-order valence-electron chi connectivity index (χ2n) is 4.16. The van der Waals surface area contributed by atoms with Gasteiger partial charge in [-0.2, -0.15) is 0 Å². The van der Waals surface area contributed by atoms with Gasteiger partial charge in [-0.15, -0.1) is 0 Å². The Balaban J connectivity index is 3.57. The average molecular weight is 187 g/mol. The Bertz CT molecular complexity index is 117. The highest BCUT2D eigenvalue weighted by Crippen LogP contribution is 2.05. The Hall–Kier alpha value is -0.0800. The van der Waals surface area contributed by atoms with E-state index < -0.39 is 0 Å². The summed E-state index contributed by atoms with van der Waals surface area (Å²) in [6.45, 7) is 8.92. The molecule has 0 aliphatic rings. The maximum absolute atomic E-state index is 8.95. The van der Waals surface area contributed by atoms with Gasteiger partial charge in [0.25, 0.3) is 0 Å². The van der Waals surface area contributed by atoms with Crippen molar-refractivity contribution in [1.29, 1.82) is 0 Å². The number of rotatable bonds is 7. The molecule has 0 aromatic carbocycles. The fourth-order valence-corrected chi connectivity index (χ4v) is 1.36. The van der Waals surface area contributed by atoms with Crippen molar-refractivity contribution in [2.75, 3.05) is 6.61 Å². The van der Waals surface area contributed by atoms with Gasteiger partial charge in [0.2, 0.25) is 0 Å². The Kier molecular flexibility index (Phi) is 7.29. The first-order valence-electron chi connectivity index (χ1n) is 5.48. The van der Waals surface area contributed by atoms with Gasteiger partial charge in [-0.3, -0.25) is 0 Å². The molecule has 0 bridgehead atoms. The fourth-order valence-electron chi connectivity index (χ4n) is 1.36. The summed E-state index contributed by atoms with van der Waals surface area (Å²) in [7, 11) is 0. The molecule has 2 N–H and O–H groups in total. The summed E-state index contributed by atoms with van der Waals surface area (Å²) in [5, 5.41) is 12.5. The second kappa shape index (κ2) is 7.34. The van der Waals surface area contributed by atoms with Crippen LogP contribution in [0.2, 0.25) is 0 Å². The first kappa shape index (κ1) is 12.9. The van der Waals surface area contributed by atoms with E-state index in [1.165, 1.54) is 19.3 Å². The van der Waals surface area contributed by atoms with E-state index in [0.29, 0.717) is 18.0 Å². The topological polar surface area (TPSA) is 32.3 Å². The van der Waals surface area contributed by atoms with Crippen LogP contribution in [-0.2, 0) is 0 Å². The molecule has 0 amide bonds. The van der Waals surface area contributed by atoms with E-state index in [2.05, 4.69) is 33.0 Å². The van der Waals surface area contributed by atoms with Gasteiger partial charge in [0, 0.05) is 18.7 Å². The minimum absolute atomic E-state index is 0.272. The molecule has 3 atom stereocenters. The monoisotopic (exact) mass is 187 g/mol. The third kappa shape index (κ3) is 6.05. The summed E-state index contributed by atoms with van der Waals surface area (Å²) in [6.07, 6.45) is 3.78. The number of hydrogen-bond donors (Lipinski definition) is 2. The SMILES string of the molecule is CCCCC(C)NC(C)C(C)CO. The molecule has 0 aromatic heterocycles. The van der Waals surface area contributed by atoms with Crippen molar-refractivity contribution < 1.29 is 5.11 Å². The molecule has 0 saturated heterocycles. The van der Waals surface area contributed by atoms with E-state index in [1.807, 2.05) is 0 Å². The molecular formula is C11H25NO. The zero-order chi connectivity index (χ0) is 10.3. The van der Waals surface area contributed by atoms with E-state index in [-0.39, 0.29) is 6.61 Å². The zero-order valence-corrected chi connectivity index (χ0v) is 9.51. The second-order valence-corrected chi connectivity index (χ2v) is 4.16. The van der Waals surface area contributed by atoms with Crippen molar-refractivity contribution in [3.8, 4) is 0 Å². The largest absolute Gasteiger partial charge is 0.396 e. The van der Waals surface area contributed by atoms with Crippen molar-refractivity contribution in [2.45, 2.75) is 59.0 Å². The van der Waals surface area contributed by atoms with Crippen molar-refractivity contribution in [3.63, 3.8) is 0 Å². The van der Waals surface area contributed by atoms with Crippen molar-refractivity contribution in [2.24, 2.45) is 5.92 Å². The van der Waals surface area contributed by atoms with Gasteiger partial charge in [-0.25, -0.2) is 0 Å². The van der Waals surface area contributed by atoms with E-state index >= 15 is 0 Å². The smallest absolute Gasteiger partial charge is 0.0471 e. The Morgan fingerprint density at radius 2 is 1.85 bits per heavy atom. The van der Waals surface area contributed by atoms with Crippen molar-refractivity contribution in [3.05, 3.63) is 0 Å². The number of aliphatic hydroxyl groups excluding tert-OH is 1. The lowest BCUT2D eigenvalue weighted by molar-refractivity contribution is 0.201. The Morgan fingerprint density at radius 1 is 1.23 bits per heavy atom. The minimum atomic E-state index is 0.272. The van der Waals surface area contributed by atoms with Crippen molar-refractivity contribution >= 4 is 0 Å².